The lowest BCUT2D eigenvalue weighted by molar-refractivity contribution is 0.102. The molecule has 0 saturated carbocycles. The SMILES string of the molecule is Cc1cc(F)ccc1C(=O)Nc1ccc(O)cc1. The van der Waals surface area contributed by atoms with Gasteiger partial charge in [-0.25, -0.2) is 4.39 Å². The third-order valence-electron chi connectivity index (χ3n) is 2.56. The molecule has 92 valence electrons. The Labute approximate surface area is 104 Å². The normalized spacial score (nSPS) is 10.1. The second-order valence-electron chi connectivity index (χ2n) is 3.96. The lowest BCUT2D eigenvalue weighted by Crippen LogP contribution is -2.13. The molecule has 2 aromatic carbocycles. The lowest BCUT2D eigenvalue weighted by atomic mass is 10.1. The van der Waals surface area contributed by atoms with Crippen molar-refractivity contribution in [1.29, 1.82) is 0 Å². The van der Waals surface area contributed by atoms with Crippen molar-refractivity contribution >= 4 is 11.6 Å². The number of hydrogen-bond acceptors (Lipinski definition) is 2. The number of phenolic OH excluding ortho intramolecular Hbond substituents is 1. The van der Waals surface area contributed by atoms with Gasteiger partial charge in [0.05, 0.1) is 0 Å². The molecule has 18 heavy (non-hydrogen) atoms. The van der Waals surface area contributed by atoms with Gasteiger partial charge < -0.3 is 10.4 Å². The van der Waals surface area contributed by atoms with Crippen molar-refractivity contribution in [2.24, 2.45) is 0 Å². The summed E-state index contributed by atoms with van der Waals surface area (Å²) in [6.45, 7) is 1.68. The van der Waals surface area contributed by atoms with Crippen LogP contribution in [0.2, 0.25) is 0 Å². The monoisotopic (exact) mass is 245 g/mol. The summed E-state index contributed by atoms with van der Waals surface area (Å²) < 4.78 is 12.9. The first kappa shape index (κ1) is 12.1. The zero-order valence-electron chi connectivity index (χ0n) is 9.77. The van der Waals surface area contributed by atoms with Gasteiger partial charge in [0, 0.05) is 11.3 Å². The lowest BCUT2D eigenvalue weighted by Gasteiger charge is -2.07. The molecular formula is C14H12FNO2. The molecule has 2 rings (SSSR count). The molecule has 2 N–H and O–H groups in total. The summed E-state index contributed by atoms with van der Waals surface area (Å²) in [6, 6.07) is 10.1. The summed E-state index contributed by atoms with van der Waals surface area (Å²) in [5.74, 6) is -0.544. The fourth-order valence-corrected chi connectivity index (χ4v) is 1.63. The molecule has 0 aliphatic rings. The van der Waals surface area contributed by atoms with E-state index in [0.29, 0.717) is 16.8 Å². The maximum atomic E-state index is 12.9. The first-order valence-corrected chi connectivity index (χ1v) is 5.43. The van der Waals surface area contributed by atoms with Gasteiger partial charge >= 0.3 is 0 Å². The van der Waals surface area contributed by atoms with E-state index >= 15 is 0 Å². The number of hydrogen-bond donors (Lipinski definition) is 2. The van der Waals surface area contributed by atoms with Crippen LogP contribution < -0.4 is 5.32 Å². The third-order valence-corrected chi connectivity index (χ3v) is 2.56. The van der Waals surface area contributed by atoms with Crippen LogP contribution in [0.5, 0.6) is 5.75 Å². The van der Waals surface area contributed by atoms with Crippen LogP contribution in [0, 0.1) is 12.7 Å². The van der Waals surface area contributed by atoms with E-state index in [1.54, 1.807) is 19.1 Å². The van der Waals surface area contributed by atoms with Crippen molar-refractivity contribution < 1.29 is 14.3 Å². The van der Waals surface area contributed by atoms with Gasteiger partial charge in [0.25, 0.3) is 5.91 Å². The maximum absolute atomic E-state index is 12.9. The van der Waals surface area contributed by atoms with Crippen LogP contribution in [0.3, 0.4) is 0 Å². The molecular weight excluding hydrogens is 233 g/mol. The Morgan fingerprint density at radius 1 is 1.17 bits per heavy atom. The molecule has 0 aliphatic carbocycles. The molecule has 1 amide bonds. The number of aryl methyl sites for hydroxylation is 1. The Hall–Kier alpha value is -2.36. The van der Waals surface area contributed by atoms with E-state index in [1.807, 2.05) is 0 Å². The van der Waals surface area contributed by atoms with Crippen LogP contribution in [-0.2, 0) is 0 Å². The number of rotatable bonds is 2. The number of aromatic hydroxyl groups is 1. The van der Waals surface area contributed by atoms with Crippen LogP contribution in [0.15, 0.2) is 42.5 Å². The highest BCUT2D eigenvalue weighted by Gasteiger charge is 2.09. The van der Waals surface area contributed by atoms with E-state index in [9.17, 15) is 9.18 Å². The Balaban J connectivity index is 2.19. The zero-order chi connectivity index (χ0) is 13.1. The van der Waals surface area contributed by atoms with E-state index in [2.05, 4.69) is 5.32 Å². The summed E-state index contributed by atoms with van der Waals surface area (Å²) in [6.07, 6.45) is 0. The maximum Gasteiger partial charge on any atom is 0.255 e. The van der Waals surface area contributed by atoms with Crippen molar-refractivity contribution in [3.8, 4) is 5.75 Å². The number of phenols is 1. The quantitative estimate of drug-likeness (QED) is 0.799. The molecule has 0 radical (unpaired) electrons. The molecule has 0 fully saturated rings. The molecule has 0 heterocycles. The van der Waals surface area contributed by atoms with Crippen LogP contribution in [0.4, 0.5) is 10.1 Å². The molecule has 0 spiro atoms. The highest BCUT2D eigenvalue weighted by molar-refractivity contribution is 6.05. The molecule has 0 aliphatic heterocycles. The zero-order valence-corrected chi connectivity index (χ0v) is 9.77. The minimum Gasteiger partial charge on any atom is -0.508 e. The second kappa shape index (κ2) is 4.87. The third kappa shape index (κ3) is 2.66. The molecule has 0 aromatic heterocycles. The van der Waals surface area contributed by atoms with E-state index in [-0.39, 0.29) is 17.5 Å². The first-order chi connectivity index (χ1) is 8.56. The van der Waals surface area contributed by atoms with Crippen molar-refractivity contribution in [1.82, 2.24) is 0 Å². The predicted octanol–water partition coefficient (Wildman–Crippen LogP) is 3.09. The van der Waals surface area contributed by atoms with Gasteiger partial charge in [0.15, 0.2) is 0 Å². The molecule has 0 unspecified atom stereocenters. The van der Waals surface area contributed by atoms with Gasteiger partial charge in [-0.2, -0.15) is 0 Å². The summed E-state index contributed by atoms with van der Waals surface area (Å²) in [7, 11) is 0. The van der Waals surface area contributed by atoms with E-state index < -0.39 is 0 Å². The van der Waals surface area contributed by atoms with Gasteiger partial charge in [-0.3, -0.25) is 4.79 Å². The number of nitrogens with one attached hydrogen (secondary N) is 1. The fraction of sp³-hybridized carbons (Fsp3) is 0.0714. The van der Waals surface area contributed by atoms with Crippen LogP contribution in [-0.4, -0.2) is 11.0 Å². The first-order valence-electron chi connectivity index (χ1n) is 5.43. The van der Waals surface area contributed by atoms with Crippen LogP contribution in [0.25, 0.3) is 0 Å². The largest absolute Gasteiger partial charge is 0.508 e. The molecule has 2 aromatic rings. The van der Waals surface area contributed by atoms with Gasteiger partial charge in [0.2, 0.25) is 0 Å². The molecule has 3 nitrogen and oxygen atoms in total. The van der Waals surface area contributed by atoms with Gasteiger partial charge in [-0.05, 0) is 55.0 Å². The van der Waals surface area contributed by atoms with Gasteiger partial charge in [0.1, 0.15) is 11.6 Å². The highest BCUT2D eigenvalue weighted by Crippen LogP contribution is 2.16. The number of amides is 1. The Morgan fingerprint density at radius 2 is 1.83 bits per heavy atom. The molecule has 0 atom stereocenters. The standard InChI is InChI=1S/C14H12FNO2/c1-9-8-10(15)2-7-13(9)14(18)16-11-3-5-12(17)6-4-11/h2-8,17H,1H3,(H,16,18). The molecule has 0 bridgehead atoms. The Bertz CT molecular complexity index is 579. The summed E-state index contributed by atoms with van der Waals surface area (Å²) in [4.78, 5) is 11.9. The second-order valence-corrected chi connectivity index (χ2v) is 3.96. The van der Waals surface area contributed by atoms with Crippen molar-refractivity contribution in [3.05, 3.63) is 59.4 Å². The number of carbonyl (C=O) groups is 1. The van der Waals surface area contributed by atoms with E-state index in [4.69, 9.17) is 5.11 Å². The van der Waals surface area contributed by atoms with Crippen LogP contribution >= 0.6 is 0 Å². The predicted molar refractivity (Wildman–Crippen MR) is 67.2 cm³/mol. The molecule has 4 heteroatoms. The smallest absolute Gasteiger partial charge is 0.255 e. The van der Waals surface area contributed by atoms with Gasteiger partial charge in [-0.15, -0.1) is 0 Å². The topological polar surface area (TPSA) is 49.3 Å². The van der Waals surface area contributed by atoms with Gasteiger partial charge in [-0.1, -0.05) is 0 Å². The number of benzene rings is 2. The number of halogens is 1. The van der Waals surface area contributed by atoms with E-state index in [1.165, 1.54) is 30.3 Å². The fourth-order valence-electron chi connectivity index (χ4n) is 1.63. The minimum absolute atomic E-state index is 0.131. The van der Waals surface area contributed by atoms with Crippen molar-refractivity contribution in [3.63, 3.8) is 0 Å². The minimum atomic E-state index is -0.367. The average Bonchev–Trinajstić information content (AvgIpc) is 2.32. The summed E-state index contributed by atoms with van der Waals surface area (Å²) >= 11 is 0. The summed E-state index contributed by atoms with van der Waals surface area (Å²) in [5, 5.41) is 11.8. The number of anilines is 1. The number of carbonyl (C=O) groups excluding carboxylic acids is 1. The highest BCUT2D eigenvalue weighted by atomic mass is 19.1. The summed E-state index contributed by atoms with van der Waals surface area (Å²) in [5.41, 5.74) is 1.57. The van der Waals surface area contributed by atoms with Crippen molar-refractivity contribution in [2.75, 3.05) is 5.32 Å². The van der Waals surface area contributed by atoms with Crippen molar-refractivity contribution in [2.45, 2.75) is 6.92 Å². The average molecular weight is 245 g/mol. The van der Waals surface area contributed by atoms with Crippen LogP contribution in [0.1, 0.15) is 15.9 Å². The molecule has 0 saturated heterocycles. The Morgan fingerprint density at radius 3 is 2.44 bits per heavy atom. The Kier molecular flexibility index (Phi) is 3.28. The van der Waals surface area contributed by atoms with E-state index in [0.717, 1.165) is 0 Å².